The lowest BCUT2D eigenvalue weighted by atomic mass is 10.0. The van der Waals surface area contributed by atoms with Gasteiger partial charge in [0.1, 0.15) is 0 Å². The van der Waals surface area contributed by atoms with E-state index in [1.54, 1.807) is 23.5 Å². The maximum Gasteiger partial charge on any atom is 0.159 e. The largest absolute Gasteiger partial charge is 1.00 e. The number of benzene rings is 3. The molecule has 0 heterocycles. The maximum atomic E-state index is 6.10. The molecule has 32 heavy (non-hydrogen) atoms. The lowest BCUT2D eigenvalue weighted by molar-refractivity contribution is -0.001000. The number of hydrogen-bond donors (Lipinski definition) is 2. The number of nitrogens with zero attached hydrogens (tertiary/aromatic N) is 2. The first-order chi connectivity index (χ1) is 14.5. The van der Waals surface area contributed by atoms with Crippen LogP contribution in [0.4, 0.5) is 11.4 Å². The normalized spacial score (nSPS) is 11.4. The molecule has 4 N–H and O–H groups in total. The molecule has 3 aromatic rings. The minimum Gasteiger partial charge on any atom is -1.00 e. The summed E-state index contributed by atoms with van der Waals surface area (Å²) in [6.45, 7) is 4.27. The van der Waals surface area contributed by atoms with Gasteiger partial charge in [0.05, 0.1) is 11.4 Å². The van der Waals surface area contributed by atoms with Crippen molar-refractivity contribution < 1.29 is 24.8 Å². The van der Waals surface area contributed by atoms with Crippen molar-refractivity contribution in [1.29, 1.82) is 0 Å². The third-order valence-electron chi connectivity index (χ3n) is 4.54. The van der Waals surface area contributed by atoms with Gasteiger partial charge >= 0.3 is 0 Å². The number of halogens is 2. The molecule has 8 heteroatoms. The van der Waals surface area contributed by atoms with Crippen LogP contribution in [0.25, 0.3) is 0 Å². The standard InChI is InChI=1S/C24H26N4S2.2ClH/c1-17-13-20(16-30-24(26)28-22-11-7-4-8-12-22)18(2)14-19(17)15-29-23(25)27-21-9-5-3-6-10-21;;/h3-14H,15-16H2,1-2H3,(H2,25,27)(H2,26,28);2*1H/p-2. The lowest BCUT2D eigenvalue weighted by Crippen LogP contribution is -3.00. The van der Waals surface area contributed by atoms with Crippen molar-refractivity contribution in [2.24, 2.45) is 21.5 Å². The zero-order valence-corrected chi connectivity index (χ0v) is 21.1. The number of nitrogens with two attached hydrogens (primary N) is 2. The Morgan fingerprint density at radius 3 is 1.34 bits per heavy atom. The molecule has 0 aromatic heterocycles. The highest BCUT2D eigenvalue weighted by atomic mass is 35.5. The van der Waals surface area contributed by atoms with Crippen LogP contribution in [0.5, 0.6) is 0 Å². The first-order valence-corrected chi connectivity index (χ1v) is 11.6. The quantitative estimate of drug-likeness (QED) is 0.367. The topological polar surface area (TPSA) is 76.8 Å². The number of rotatable bonds is 6. The van der Waals surface area contributed by atoms with E-state index < -0.39 is 0 Å². The van der Waals surface area contributed by atoms with E-state index in [4.69, 9.17) is 11.5 Å². The lowest BCUT2D eigenvalue weighted by Gasteiger charge is -2.12. The Morgan fingerprint density at radius 1 is 0.656 bits per heavy atom. The van der Waals surface area contributed by atoms with Crippen molar-refractivity contribution >= 4 is 45.2 Å². The van der Waals surface area contributed by atoms with Crippen LogP contribution in [0.1, 0.15) is 22.3 Å². The molecule has 0 radical (unpaired) electrons. The Bertz CT molecular complexity index is 957. The average Bonchev–Trinajstić information content (AvgIpc) is 2.74. The minimum atomic E-state index is 0. The fourth-order valence-corrected chi connectivity index (χ4v) is 4.44. The summed E-state index contributed by atoms with van der Waals surface area (Å²) in [7, 11) is 0. The summed E-state index contributed by atoms with van der Waals surface area (Å²) in [6.07, 6.45) is 0. The smallest absolute Gasteiger partial charge is 0.159 e. The molecule has 0 aliphatic carbocycles. The van der Waals surface area contributed by atoms with Gasteiger partial charge in [0.15, 0.2) is 10.3 Å². The highest BCUT2D eigenvalue weighted by Gasteiger charge is 2.08. The van der Waals surface area contributed by atoms with Crippen LogP contribution < -0.4 is 36.3 Å². The van der Waals surface area contributed by atoms with Crippen LogP contribution >= 0.6 is 23.5 Å². The molecule has 0 saturated heterocycles. The van der Waals surface area contributed by atoms with Crippen molar-refractivity contribution in [3.8, 4) is 0 Å². The SMILES string of the molecule is Cc1cc(CSC(N)=Nc2ccccc2)c(C)cc1CSC(N)=Nc1ccccc1.[Cl-].[Cl-]. The Morgan fingerprint density at radius 2 is 1.00 bits per heavy atom. The highest BCUT2D eigenvalue weighted by Crippen LogP contribution is 2.25. The number of amidine groups is 2. The van der Waals surface area contributed by atoms with E-state index in [9.17, 15) is 0 Å². The van der Waals surface area contributed by atoms with Gasteiger partial charge in [-0.05, 0) is 60.4 Å². The molecule has 0 atom stereocenters. The number of thioether (sulfide) groups is 2. The van der Waals surface area contributed by atoms with E-state index in [-0.39, 0.29) is 24.8 Å². The predicted molar refractivity (Wildman–Crippen MR) is 134 cm³/mol. The Hall–Kier alpha value is -2.12. The summed E-state index contributed by atoms with van der Waals surface area (Å²) < 4.78 is 0. The second-order valence-corrected chi connectivity index (χ2v) is 8.84. The molecule has 0 aliphatic heterocycles. The number of aryl methyl sites for hydroxylation is 2. The van der Waals surface area contributed by atoms with Crippen molar-refractivity contribution in [1.82, 2.24) is 0 Å². The van der Waals surface area contributed by atoms with Crippen LogP contribution in [0.3, 0.4) is 0 Å². The molecule has 0 bridgehead atoms. The molecular weight excluding hydrogens is 479 g/mol. The van der Waals surface area contributed by atoms with Crippen LogP contribution in [0, 0.1) is 13.8 Å². The molecule has 3 aromatic carbocycles. The van der Waals surface area contributed by atoms with Crippen molar-refractivity contribution in [2.75, 3.05) is 0 Å². The van der Waals surface area contributed by atoms with E-state index in [1.807, 2.05) is 60.7 Å². The molecule has 0 amide bonds. The molecular formula is C24H26Cl2N4S2-2. The van der Waals surface area contributed by atoms with Crippen LogP contribution in [-0.2, 0) is 11.5 Å². The minimum absolute atomic E-state index is 0. The molecule has 0 aliphatic rings. The predicted octanol–water partition coefficient (Wildman–Crippen LogP) is 0.0706. The number of hydrogen-bond acceptors (Lipinski definition) is 4. The average molecular weight is 506 g/mol. The zero-order valence-electron chi connectivity index (χ0n) is 18.0. The summed E-state index contributed by atoms with van der Waals surface area (Å²) in [5.74, 6) is 1.58. The second kappa shape index (κ2) is 14.1. The van der Waals surface area contributed by atoms with Gasteiger partial charge in [-0.25, -0.2) is 9.98 Å². The fraction of sp³-hybridized carbons (Fsp3) is 0.167. The molecule has 0 unspecified atom stereocenters. The van der Waals surface area contributed by atoms with Crippen LogP contribution in [-0.4, -0.2) is 10.3 Å². The Kier molecular flexibility index (Phi) is 12.3. The van der Waals surface area contributed by atoms with Crippen LogP contribution in [0.2, 0.25) is 0 Å². The summed E-state index contributed by atoms with van der Waals surface area (Å²) in [4.78, 5) is 8.91. The first-order valence-electron chi connectivity index (χ1n) is 9.64. The number of para-hydroxylation sites is 2. The molecule has 0 spiro atoms. The van der Waals surface area contributed by atoms with Crippen molar-refractivity contribution in [2.45, 2.75) is 25.4 Å². The molecule has 4 nitrogen and oxygen atoms in total. The van der Waals surface area contributed by atoms with Gasteiger partial charge in [-0.2, -0.15) is 0 Å². The third-order valence-corrected chi connectivity index (χ3v) is 6.22. The second-order valence-electron chi connectivity index (χ2n) is 6.85. The third kappa shape index (κ3) is 8.79. The number of aliphatic imine (C=N–C) groups is 2. The van der Waals surface area contributed by atoms with E-state index in [2.05, 4.69) is 36.0 Å². The Balaban J connectivity index is 0.00000256. The molecule has 0 saturated carbocycles. The van der Waals surface area contributed by atoms with Crippen molar-refractivity contribution in [3.63, 3.8) is 0 Å². The van der Waals surface area contributed by atoms with Gasteiger partial charge in [-0.15, -0.1) is 0 Å². The molecule has 0 fully saturated rings. The zero-order chi connectivity index (χ0) is 21.3. The fourth-order valence-electron chi connectivity index (χ4n) is 2.87. The van der Waals surface area contributed by atoms with Crippen molar-refractivity contribution in [3.05, 3.63) is 95.1 Å². The van der Waals surface area contributed by atoms with E-state index in [0.717, 1.165) is 22.9 Å². The van der Waals surface area contributed by atoms with Gasteiger partial charge in [0, 0.05) is 11.5 Å². The molecule has 170 valence electrons. The summed E-state index contributed by atoms with van der Waals surface area (Å²) in [5, 5.41) is 1.14. The monoisotopic (exact) mass is 504 g/mol. The van der Waals surface area contributed by atoms with Crippen LogP contribution in [0.15, 0.2) is 82.8 Å². The maximum absolute atomic E-state index is 6.10. The van der Waals surface area contributed by atoms with Gasteiger partial charge in [-0.3, -0.25) is 0 Å². The molecule has 3 rings (SSSR count). The summed E-state index contributed by atoms with van der Waals surface area (Å²) >= 11 is 3.11. The van der Waals surface area contributed by atoms with Gasteiger partial charge in [0.2, 0.25) is 0 Å². The summed E-state index contributed by atoms with van der Waals surface area (Å²) in [6, 6.07) is 24.0. The van der Waals surface area contributed by atoms with Gasteiger partial charge in [0.25, 0.3) is 0 Å². The summed E-state index contributed by atoms with van der Waals surface area (Å²) in [5.41, 5.74) is 19.0. The van der Waals surface area contributed by atoms with Gasteiger partial charge < -0.3 is 36.3 Å². The first kappa shape index (κ1) is 27.9. The van der Waals surface area contributed by atoms with E-state index in [0.29, 0.717) is 10.3 Å². The highest BCUT2D eigenvalue weighted by molar-refractivity contribution is 8.13. The van der Waals surface area contributed by atoms with E-state index in [1.165, 1.54) is 22.3 Å². The van der Waals surface area contributed by atoms with Gasteiger partial charge in [-0.1, -0.05) is 72.1 Å². The van der Waals surface area contributed by atoms with E-state index >= 15 is 0 Å². The Labute approximate surface area is 211 Å².